The van der Waals surface area contributed by atoms with Crippen LogP contribution in [0.3, 0.4) is 0 Å². The van der Waals surface area contributed by atoms with Gasteiger partial charge in [0.1, 0.15) is 6.04 Å². The number of carboxylic acids is 1. The molecule has 4 rings (SSSR count). The highest BCUT2D eigenvalue weighted by molar-refractivity contribution is 9.10. The van der Waals surface area contributed by atoms with Crippen molar-refractivity contribution in [3.63, 3.8) is 0 Å². The molecule has 1 aliphatic rings. The van der Waals surface area contributed by atoms with Gasteiger partial charge in [0.25, 0.3) is 0 Å². The van der Waals surface area contributed by atoms with Crippen LogP contribution < -0.4 is 5.32 Å². The molecule has 1 atom stereocenters. The van der Waals surface area contributed by atoms with E-state index in [-0.39, 0.29) is 12.3 Å². The molecule has 4 nitrogen and oxygen atoms in total. The number of hydrogen-bond donors (Lipinski definition) is 2. The van der Waals surface area contributed by atoms with E-state index in [9.17, 15) is 14.7 Å². The van der Waals surface area contributed by atoms with Crippen molar-refractivity contribution in [1.82, 2.24) is 5.32 Å². The highest BCUT2D eigenvalue weighted by Gasteiger charge is 2.35. The molecule has 0 heterocycles. The first-order valence-electron chi connectivity index (χ1n) is 9.01. The molecule has 0 saturated carbocycles. The molecule has 140 valence electrons. The van der Waals surface area contributed by atoms with Crippen LogP contribution in [0.4, 0.5) is 0 Å². The number of amides is 1. The van der Waals surface area contributed by atoms with Crippen LogP contribution in [0.15, 0.2) is 77.3 Å². The van der Waals surface area contributed by atoms with Gasteiger partial charge in [0.05, 0.1) is 5.92 Å². The fourth-order valence-electron chi connectivity index (χ4n) is 3.78. The minimum Gasteiger partial charge on any atom is -0.480 e. The molecule has 28 heavy (non-hydrogen) atoms. The van der Waals surface area contributed by atoms with Gasteiger partial charge < -0.3 is 10.4 Å². The molecule has 0 unspecified atom stereocenters. The van der Waals surface area contributed by atoms with Crippen LogP contribution in [-0.2, 0) is 16.0 Å². The standard InChI is InChI=1S/C23H18BrNO3/c24-19-12-6-1-7-14(19)13-20(23(27)28)25-22(26)21-17-10-4-2-8-15(17)16-9-3-5-11-18(16)21/h1-12,20-21H,13H2,(H,25,26)(H,27,28)/t20-/m0/s1. The first-order valence-corrected chi connectivity index (χ1v) is 9.80. The third-order valence-corrected chi connectivity index (χ3v) is 5.87. The number of aliphatic carboxylic acids is 1. The average molecular weight is 436 g/mol. The van der Waals surface area contributed by atoms with Crippen LogP contribution in [0, 0.1) is 0 Å². The summed E-state index contributed by atoms with van der Waals surface area (Å²) in [5.41, 5.74) is 4.70. The molecular weight excluding hydrogens is 418 g/mol. The highest BCUT2D eigenvalue weighted by Crippen LogP contribution is 2.44. The molecule has 3 aromatic carbocycles. The largest absolute Gasteiger partial charge is 0.480 e. The molecule has 3 aromatic rings. The Morgan fingerprint density at radius 1 is 0.893 bits per heavy atom. The smallest absolute Gasteiger partial charge is 0.326 e. The maximum absolute atomic E-state index is 13.2. The number of halogens is 1. The van der Waals surface area contributed by atoms with E-state index in [0.29, 0.717) is 0 Å². The van der Waals surface area contributed by atoms with Crippen LogP contribution in [0.1, 0.15) is 22.6 Å². The number of carbonyl (C=O) groups excluding carboxylic acids is 1. The van der Waals surface area contributed by atoms with Crippen molar-refractivity contribution >= 4 is 27.8 Å². The fraction of sp³-hybridized carbons (Fsp3) is 0.130. The zero-order chi connectivity index (χ0) is 19.7. The Hall–Kier alpha value is -2.92. The minimum absolute atomic E-state index is 0.207. The zero-order valence-corrected chi connectivity index (χ0v) is 16.5. The summed E-state index contributed by atoms with van der Waals surface area (Å²) >= 11 is 3.44. The summed E-state index contributed by atoms with van der Waals surface area (Å²) in [7, 11) is 0. The van der Waals surface area contributed by atoms with Crippen molar-refractivity contribution in [3.8, 4) is 11.1 Å². The SMILES string of the molecule is O=C(N[C@@H](Cc1ccccc1Br)C(=O)O)C1c2ccccc2-c2ccccc21. The van der Waals surface area contributed by atoms with Gasteiger partial charge in [0, 0.05) is 10.9 Å². The fourth-order valence-corrected chi connectivity index (χ4v) is 4.22. The molecule has 0 saturated heterocycles. The maximum Gasteiger partial charge on any atom is 0.326 e. The molecule has 0 fully saturated rings. The van der Waals surface area contributed by atoms with Crippen molar-refractivity contribution in [3.05, 3.63) is 94.0 Å². The van der Waals surface area contributed by atoms with E-state index in [1.165, 1.54) is 0 Å². The quantitative estimate of drug-likeness (QED) is 0.624. The minimum atomic E-state index is -1.05. The van der Waals surface area contributed by atoms with Gasteiger partial charge >= 0.3 is 5.97 Å². The Morgan fingerprint density at radius 3 is 2.00 bits per heavy atom. The number of carbonyl (C=O) groups is 2. The second-order valence-electron chi connectivity index (χ2n) is 6.80. The Balaban J connectivity index is 1.63. The zero-order valence-electron chi connectivity index (χ0n) is 14.9. The van der Waals surface area contributed by atoms with Gasteiger partial charge in [-0.15, -0.1) is 0 Å². The van der Waals surface area contributed by atoms with Gasteiger partial charge in [-0.05, 0) is 33.9 Å². The normalized spacial score (nSPS) is 13.5. The molecule has 1 amide bonds. The van der Waals surface area contributed by atoms with E-state index >= 15 is 0 Å². The molecule has 1 aliphatic carbocycles. The Bertz CT molecular complexity index is 1020. The molecule has 0 radical (unpaired) electrons. The number of benzene rings is 3. The number of nitrogens with one attached hydrogen (secondary N) is 1. The monoisotopic (exact) mass is 435 g/mol. The summed E-state index contributed by atoms with van der Waals surface area (Å²) in [4.78, 5) is 25.0. The summed E-state index contributed by atoms with van der Waals surface area (Å²) in [6.45, 7) is 0. The summed E-state index contributed by atoms with van der Waals surface area (Å²) < 4.78 is 0.826. The maximum atomic E-state index is 13.2. The van der Waals surface area contributed by atoms with Crippen LogP contribution in [0.25, 0.3) is 11.1 Å². The lowest BCUT2D eigenvalue weighted by Gasteiger charge is -2.19. The predicted molar refractivity (Wildman–Crippen MR) is 111 cm³/mol. The number of carboxylic acid groups (broad SMARTS) is 1. The third-order valence-electron chi connectivity index (χ3n) is 5.09. The van der Waals surface area contributed by atoms with Gasteiger partial charge in [-0.25, -0.2) is 4.79 Å². The van der Waals surface area contributed by atoms with Gasteiger partial charge in [-0.2, -0.15) is 0 Å². The van der Waals surface area contributed by atoms with E-state index in [4.69, 9.17) is 0 Å². The highest BCUT2D eigenvalue weighted by atomic mass is 79.9. The Morgan fingerprint density at radius 2 is 1.43 bits per heavy atom. The van der Waals surface area contributed by atoms with Crippen molar-refractivity contribution in [2.45, 2.75) is 18.4 Å². The summed E-state index contributed by atoms with van der Waals surface area (Å²) in [5.74, 6) is -1.85. The topological polar surface area (TPSA) is 66.4 Å². The Labute approximate surface area is 171 Å². The van der Waals surface area contributed by atoms with Crippen LogP contribution in [0.2, 0.25) is 0 Å². The molecule has 0 aliphatic heterocycles. The molecule has 2 N–H and O–H groups in total. The predicted octanol–water partition coefficient (Wildman–Crippen LogP) is 4.37. The molecule has 5 heteroatoms. The number of fused-ring (bicyclic) bond motifs is 3. The van der Waals surface area contributed by atoms with Gasteiger partial charge in [0.15, 0.2) is 0 Å². The second-order valence-corrected chi connectivity index (χ2v) is 7.66. The summed E-state index contributed by atoms with van der Waals surface area (Å²) in [5, 5.41) is 12.4. The van der Waals surface area contributed by atoms with Crippen LogP contribution in [-0.4, -0.2) is 23.0 Å². The van der Waals surface area contributed by atoms with E-state index < -0.39 is 17.9 Å². The lowest BCUT2D eigenvalue weighted by molar-refractivity contribution is -0.141. The first-order chi connectivity index (χ1) is 13.6. The number of hydrogen-bond acceptors (Lipinski definition) is 2. The van der Waals surface area contributed by atoms with Crippen molar-refractivity contribution < 1.29 is 14.7 Å². The molecule has 0 aromatic heterocycles. The van der Waals surface area contributed by atoms with Gasteiger partial charge in [0.2, 0.25) is 5.91 Å². The molecule has 0 bridgehead atoms. The third kappa shape index (κ3) is 3.34. The van der Waals surface area contributed by atoms with E-state index in [1.54, 1.807) is 0 Å². The molecule has 0 spiro atoms. The first kappa shape index (κ1) is 18.4. The van der Waals surface area contributed by atoms with E-state index in [1.807, 2.05) is 72.8 Å². The van der Waals surface area contributed by atoms with Crippen molar-refractivity contribution in [1.29, 1.82) is 0 Å². The van der Waals surface area contributed by atoms with Gasteiger partial charge in [-0.1, -0.05) is 82.7 Å². The molecular formula is C23H18BrNO3. The summed E-state index contributed by atoms with van der Waals surface area (Å²) in [6, 6.07) is 22.0. The summed E-state index contributed by atoms with van der Waals surface area (Å²) in [6.07, 6.45) is 0.207. The number of rotatable bonds is 5. The van der Waals surface area contributed by atoms with E-state index in [2.05, 4.69) is 21.2 Å². The Kier molecular flexibility index (Phi) is 5.01. The van der Waals surface area contributed by atoms with Crippen molar-refractivity contribution in [2.24, 2.45) is 0 Å². The van der Waals surface area contributed by atoms with Gasteiger partial charge in [-0.3, -0.25) is 4.79 Å². The van der Waals surface area contributed by atoms with E-state index in [0.717, 1.165) is 32.3 Å². The van der Waals surface area contributed by atoms with Crippen molar-refractivity contribution in [2.75, 3.05) is 0 Å². The van der Waals surface area contributed by atoms with Crippen LogP contribution in [0.5, 0.6) is 0 Å². The van der Waals surface area contributed by atoms with Crippen LogP contribution >= 0.6 is 15.9 Å². The lowest BCUT2D eigenvalue weighted by Crippen LogP contribution is -2.44. The average Bonchev–Trinajstić information content (AvgIpc) is 3.03. The second kappa shape index (κ2) is 7.60. The lowest BCUT2D eigenvalue weighted by atomic mass is 9.95.